The van der Waals surface area contributed by atoms with Crippen LogP contribution in [0, 0.1) is 5.92 Å². The van der Waals surface area contributed by atoms with E-state index < -0.39 is 8.07 Å². The fourth-order valence-corrected chi connectivity index (χ4v) is 7.79. The monoisotopic (exact) mass is 276 g/mol. The first kappa shape index (κ1) is 14.8. The van der Waals surface area contributed by atoms with E-state index in [9.17, 15) is 5.11 Å². The third-order valence-corrected chi connectivity index (χ3v) is 9.54. The van der Waals surface area contributed by atoms with E-state index in [0.717, 1.165) is 17.9 Å². The molecule has 2 heteroatoms. The number of hydrogen-bond donors (Lipinski definition) is 1. The van der Waals surface area contributed by atoms with Gasteiger partial charge in [0.2, 0.25) is 0 Å². The van der Waals surface area contributed by atoms with E-state index >= 15 is 0 Å². The zero-order chi connectivity index (χ0) is 13.7. The van der Waals surface area contributed by atoms with Crippen LogP contribution in [-0.2, 0) is 0 Å². The second-order valence-electron chi connectivity index (χ2n) is 6.60. The SMILES string of the molecule is C[Si](C)(c1ccccc1)[C@@H](CCO)C1CCCCC1. The summed E-state index contributed by atoms with van der Waals surface area (Å²) >= 11 is 0. The minimum atomic E-state index is -1.48. The topological polar surface area (TPSA) is 20.2 Å². The molecular weight excluding hydrogens is 248 g/mol. The maximum atomic E-state index is 9.50. The number of rotatable bonds is 5. The van der Waals surface area contributed by atoms with E-state index in [2.05, 4.69) is 43.4 Å². The Hall–Kier alpha value is -0.603. The molecule has 0 aromatic heterocycles. The van der Waals surface area contributed by atoms with E-state index in [1.54, 1.807) is 5.19 Å². The number of aliphatic hydroxyl groups excluding tert-OH is 1. The summed E-state index contributed by atoms with van der Waals surface area (Å²) in [6, 6.07) is 11.1. The summed E-state index contributed by atoms with van der Waals surface area (Å²) in [4.78, 5) is 0. The molecule has 0 amide bonds. The lowest BCUT2D eigenvalue weighted by atomic mass is 9.85. The lowest BCUT2D eigenvalue weighted by Crippen LogP contribution is -2.49. The zero-order valence-corrected chi connectivity index (χ0v) is 13.4. The predicted molar refractivity (Wildman–Crippen MR) is 85.6 cm³/mol. The average molecular weight is 276 g/mol. The molecule has 0 bridgehead atoms. The van der Waals surface area contributed by atoms with Crippen molar-refractivity contribution in [1.29, 1.82) is 0 Å². The molecule has 0 aliphatic heterocycles. The summed E-state index contributed by atoms with van der Waals surface area (Å²) in [5.74, 6) is 0.850. The fraction of sp³-hybridized carbons (Fsp3) is 0.647. The molecule has 1 aromatic rings. The Morgan fingerprint density at radius 3 is 2.32 bits per heavy atom. The fourth-order valence-electron chi connectivity index (χ4n) is 3.94. The Balaban J connectivity index is 2.21. The smallest absolute Gasteiger partial charge is 0.0840 e. The van der Waals surface area contributed by atoms with Crippen molar-refractivity contribution in [3.8, 4) is 0 Å². The van der Waals surface area contributed by atoms with Crippen LogP contribution >= 0.6 is 0 Å². The highest BCUT2D eigenvalue weighted by molar-refractivity contribution is 6.91. The molecule has 1 atom stereocenters. The molecule has 2 rings (SSSR count). The van der Waals surface area contributed by atoms with Crippen LogP contribution in [0.25, 0.3) is 0 Å². The minimum absolute atomic E-state index is 0.352. The predicted octanol–water partition coefficient (Wildman–Crippen LogP) is 3.93. The van der Waals surface area contributed by atoms with Gasteiger partial charge in [-0.25, -0.2) is 0 Å². The van der Waals surface area contributed by atoms with Gasteiger partial charge in [0.15, 0.2) is 0 Å². The summed E-state index contributed by atoms with van der Waals surface area (Å²) in [6.45, 7) is 5.35. The van der Waals surface area contributed by atoms with Crippen LogP contribution in [0.15, 0.2) is 30.3 Å². The second kappa shape index (κ2) is 6.71. The largest absolute Gasteiger partial charge is 0.396 e. The summed E-state index contributed by atoms with van der Waals surface area (Å²) in [7, 11) is -1.48. The van der Waals surface area contributed by atoms with Gasteiger partial charge in [0, 0.05) is 6.61 Å². The first-order chi connectivity index (χ1) is 9.16. The highest BCUT2D eigenvalue weighted by atomic mass is 28.3. The highest BCUT2D eigenvalue weighted by Crippen LogP contribution is 2.41. The van der Waals surface area contributed by atoms with E-state index in [0.29, 0.717) is 6.61 Å². The van der Waals surface area contributed by atoms with Crippen LogP contribution in [0.2, 0.25) is 18.6 Å². The maximum Gasteiger partial charge on any atom is 0.0840 e. The third kappa shape index (κ3) is 3.49. The van der Waals surface area contributed by atoms with Crippen LogP contribution < -0.4 is 5.19 Å². The lowest BCUT2D eigenvalue weighted by Gasteiger charge is -2.40. The van der Waals surface area contributed by atoms with Gasteiger partial charge in [0.05, 0.1) is 8.07 Å². The Morgan fingerprint density at radius 1 is 1.11 bits per heavy atom. The van der Waals surface area contributed by atoms with Crippen molar-refractivity contribution < 1.29 is 5.11 Å². The Bertz CT molecular complexity index is 368. The number of hydrogen-bond acceptors (Lipinski definition) is 1. The molecule has 1 fully saturated rings. The first-order valence-electron chi connectivity index (χ1n) is 7.82. The first-order valence-corrected chi connectivity index (χ1v) is 10.9. The van der Waals surface area contributed by atoms with Crippen molar-refractivity contribution in [2.45, 2.75) is 57.2 Å². The lowest BCUT2D eigenvalue weighted by molar-refractivity contribution is 0.250. The molecule has 19 heavy (non-hydrogen) atoms. The Labute approximate surface area is 119 Å². The Morgan fingerprint density at radius 2 is 1.74 bits per heavy atom. The van der Waals surface area contributed by atoms with Crippen LogP contribution in [0.4, 0.5) is 0 Å². The van der Waals surface area contributed by atoms with Gasteiger partial charge in [0.1, 0.15) is 0 Å². The van der Waals surface area contributed by atoms with Crippen LogP contribution in [0.1, 0.15) is 38.5 Å². The number of aliphatic hydroxyl groups is 1. The normalized spacial score (nSPS) is 19.3. The minimum Gasteiger partial charge on any atom is -0.396 e. The standard InChI is InChI=1S/C17H28OSi/c1-19(2,16-11-7-4-8-12-16)17(13-14-18)15-9-5-3-6-10-15/h4,7-8,11-12,15,17-18H,3,5-6,9-10,13-14H2,1-2H3/t17-/m0/s1. The van der Waals surface area contributed by atoms with Gasteiger partial charge < -0.3 is 5.11 Å². The molecule has 1 N–H and O–H groups in total. The number of benzene rings is 1. The molecule has 1 aromatic carbocycles. The van der Waals surface area contributed by atoms with E-state index in [1.165, 1.54) is 32.1 Å². The van der Waals surface area contributed by atoms with Crippen LogP contribution in [0.5, 0.6) is 0 Å². The molecule has 1 aliphatic rings. The summed E-state index contributed by atoms with van der Waals surface area (Å²) in [5.41, 5.74) is 0.736. The van der Waals surface area contributed by atoms with Gasteiger partial charge in [-0.3, -0.25) is 0 Å². The van der Waals surface area contributed by atoms with Crippen LogP contribution in [0.3, 0.4) is 0 Å². The van der Waals surface area contributed by atoms with E-state index in [-0.39, 0.29) is 0 Å². The van der Waals surface area contributed by atoms with Crippen LogP contribution in [-0.4, -0.2) is 19.8 Å². The summed E-state index contributed by atoms with van der Waals surface area (Å²) in [5, 5.41) is 11.1. The summed E-state index contributed by atoms with van der Waals surface area (Å²) < 4.78 is 0. The average Bonchev–Trinajstić information content (AvgIpc) is 2.46. The molecule has 0 unspecified atom stereocenters. The van der Waals surface area contributed by atoms with E-state index in [4.69, 9.17) is 0 Å². The third-order valence-electron chi connectivity index (χ3n) is 5.10. The summed E-state index contributed by atoms with van der Waals surface area (Å²) in [6.07, 6.45) is 7.97. The molecule has 0 heterocycles. The van der Waals surface area contributed by atoms with Crippen molar-refractivity contribution in [2.75, 3.05) is 6.61 Å². The van der Waals surface area contributed by atoms with Crippen molar-refractivity contribution >= 4 is 13.3 Å². The van der Waals surface area contributed by atoms with Gasteiger partial charge in [-0.1, -0.05) is 80.7 Å². The molecule has 0 saturated heterocycles. The molecule has 0 radical (unpaired) electrons. The van der Waals surface area contributed by atoms with Gasteiger partial charge in [0.25, 0.3) is 0 Å². The molecule has 0 spiro atoms. The molecule has 1 nitrogen and oxygen atoms in total. The zero-order valence-electron chi connectivity index (χ0n) is 12.4. The van der Waals surface area contributed by atoms with Gasteiger partial charge in [-0.15, -0.1) is 0 Å². The highest BCUT2D eigenvalue weighted by Gasteiger charge is 2.38. The van der Waals surface area contributed by atoms with Gasteiger partial charge in [-0.05, 0) is 17.9 Å². The molecule has 1 aliphatic carbocycles. The molecular formula is C17H28OSi. The van der Waals surface area contributed by atoms with Crippen molar-refractivity contribution in [3.05, 3.63) is 30.3 Å². The molecule has 106 valence electrons. The van der Waals surface area contributed by atoms with Crippen molar-refractivity contribution in [1.82, 2.24) is 0 Å². The molecule has 1 saturated carbocycles. The van der Waals surface area contributed by atoms with Gasteiger partial charge in [-0.2, -0.15) is 0 Å². The maximum absolute atomic E-state index is 9.50. The van der Waals surface area contributed by atoms with E-state index in [1.807, 2.05) is 0 Å². The Kier molecular flexibility index (Phi) is 5.23. The van der Waals surface area contributed by atoms with Crippen molar-refractivity contribution in [2.24, 2.45) is 5.92 Å². The second-order valence-corrected chi connectivity index (χ2v) is 11.4. The van der Waals surface area contributed by atoms with Crippen molar-refractivity contribution in [3.63, 3.8) is 0 Å². The van der Waals surface area contributed by atoms with Gasteiger partial charge >= 0.3 is 0 Å². The quantitative estimate of drug-likeness (QED) is 0.808.